The van der Waals surface area contributed by atoms with E-state index < -0.39 is 18.6 Å². The van der Waals surface area contributed by atoms with Crippen LogP contribution in [0, 0.1) is 0 Å². The van der Waals surface area contributed by atoms with Crippen molar-refractivity contribution in [2.24, 2.45) is 0 Å². The van der Waals surface area contributed by atoms with Crippen LogP contribution in [0.15, 0.2) is 4.42 Å². The second kappa shape index (κ2) is 5.38. The van der Waals surface area contributed by atoms with E-state index >= 15 is 0 Å². The first-order valence-corrected chi connectivity index (χ1v) is 5.16. The quantitative estimate of drug-likeness (QED) is 0.824. The van der Waals surface area contributed by atoms with Crippen molar-refractivity contribution in [3.63, 3.8) is 0 Å². The summed E-state index contributed by atoms with van der Waals surface area (Å²) < 4.78 is 41.1. The van der Waals surface area contributed by atoms with Gasteiger partial charge in [0, 0.05) is 18.3 Å². The highest BCUT2D eigenvalue weighted by atomic mass is 35.5. The number of nitrogens with zero attached hydrogens (tertiary/aromatic N) is 2. The Balaban J connectivity index is 2.46. The predicted octanol–water partition coefficient (Wildman–Crippen LogP) is 2.60. The van der Waals surface area contributed by atoms with Gasteiger partial charge in [0.15, 0.2) is 0 Å². The molecular formula is C8H11ClF3N3O. The van der Waals surface area contributed by atoms with E-state index in [9.17, 15) is 13.2 Å². The van der Waals surface area contributed by atoms with E-state index in [2.05, 4.69) is 15.5 Å². The molecule has 1 atom stereocenters. The zero-order valence-electron chi connectivity index (χ0n) is 8.51. The molecule has 1 N–H and O–H groups in total. The summed E-state index contributed by atoms with van der Waals surface area (Å²) in [7, 11) is 0. The van der Waals surface area contributed by atoms with E-state index in [0.717, 1.165) is 0 Å². The Hall–Kier alpha value is -0.980. The van der Waals surface area contributed by atoms with E-state index in [1.54, 1.807) is 0 Å². The third-order valence-corrected chi connectivity index (χ3v) is 1.87. The van der Waals surface area contributed by atoms with Crippen molar-refractivity contribution in [2.75, 3.05) is 11.2 Å². The largest absolute Gasteiger partial charge is 0.408 e. The van der Waals surface area contributed by atoms with Gasteiger partial charge in [-0.2, -0.15) is 13.2 Å². The smallest absolute Gasteiger partial charge is 0.391 e. The van der Waals surface area contributed by atoms with Gasteiger partial charge in [-0.1, -0.05) is 5.10 Å². The molecular weight excluding hydrogens is 247 g/mol. The van der Waals surface area contributed by atoms with Crippen molar-refractivity contribution in [3.8, 4) is 0 Å². The van der Waals surface area contributed by atoms with E-state index in [-0.39, 0.29) is 6.01 Å². The summed E-state index contributed by atoms with van der Waals surface area (Å²) in [4.78, 5) is 0. The molecule has 0 aromatic carbocycles. The maximum atomic E-state index is 12.0. The number of aryl methyl sites for hydroxylation is 1. The molecule has 0 aliphatic heterocycles. The van der Waals surface area contributed by atoms with Crippen molar-refractivity contribution < 1.29 is 17.6 Å². The SMILES string of the molecule is CC(CC(F)(F)F)Nc1nnc(CCCl)o1. The summed E-state index contributed by atoms with van der Waals surface area (Å²) in [5, 5.41) is 9.64. The fourth-order valence-corrected chi connectivity index (χ4v) is 1.26. The van der Waals surface area contributed by atoms with Crippen molar-refractivity contribution in [1.29, 1.82) is 0 Å². The van der Waals surface area contributed by atoms with Crippen LogP contribution in [0.25, 0.3) is 0 Å². The third kappa shape index (κ3) is 4.69. The number of alkyl halides is 4. The van der Waals surface area contributed by atoms with Gasteiger partial charge in [-0.05, 0) is 6.92 Å². The molecule has 0 bridgehead atoms. The van der Waals surface area contributed by atoms with E-state index in [4.69, 9.17) is 16.0 Å². The van der Waals surface area contributed by atoms with Crippen LogP contribution in [0.4, 0.5) is 19.2 Å². The molecule has 0 amide bonds. The summed E-state index contributed by atoms with van der Waals surface area (Å²) in [6.07, 6.45) is -4.78. The van der Waals surface area contributed by atoms with Gasteiger partial charge in [0.1, 0.15) is 0 Å². The highest BCUT2D eigenvalue weighted by Crippen LogP contribution is 2.22. The molecule has 0 radical (unpaired) electrons. The zero-order chi connectivity index (χ0) is 12.2. The second-order valence-corrected chi connectivity index (χ2v) is 3.68. The highest BCUT2D eigenvalue weighted by Gasteiger charge is 2.30. The Morgan fingerprint density at radius 3 is 2.69 bits per heavy atom. The summed E-state index contributed by atoms with van der Waals surface area (Å²) in [6.45, 7) is 1.39. The Kier molecular flexibility index (Phi) is 4.40. The normalized spacial score (nSPS) is 13.8. The van der Waals surface area contributed by atoms with Gasteiger partial charge in [0.25, 0.3) is 0 Å². The molecule has 16 heavy (non-hydrogen) atoms. The average molecular weight is 258 g/mol. The van der Waals surface area contributed by atoms with Gasteiger partial charge in [-0.15, -0.1) is 16.7 Å². The maximum absolute atomic E-state index is 12.0. The first kappa shape index (κ1) is 13.1. The molecule has 0 aliphatic rings. The van der Waals surface area contributed by atoms with Crippen LogP contribution in [0.1, 0.15) is 19.2 Å². The molecule has 0 spiro atoms. The van der Waals surface area contributed by atoms with Crippen molar-refractivity contribution in [2.45, 2.75) is 32.0 Å². The first-order chi connectivity index (χ1) is 7.40. The van der Waals surface area contributed by atoms with E-state index in [1.165, 1.54) is 6.92 Å². The van der Waals surface area contributed by atoms with E-state index in [1.807, 2.05) is 0 Å². The Labute approximate surface area is 95.2 Å². The number of aromatic nitrogens is 2. The molecule has 1 unspecified atom stereocenters. The van der Waals surface area contributed by atoms with Crippen LogP contribution in [0.5, 0.6) is 0 Å². The van der Waals surface area contributed by atoms with E-state index in [0.29, 0.717) is 18.2 Å². The molecule has 0 saturated carbocycles. The second-order valence-electron chi connectivity index (χ2n) is 3.30. The Morgan fingerprint density at radius 1 is 1.44 bits per heavy atom. The van der Waals surface area contributed by atoms with Gasteiger partial charge in [0.2, 0.25) is 5.89 Å². The van der Waals surface area contributed by atoms with Crippen LogP contribution in [0.2, 0.25) is 0 Å². The number of anilines is 1. The maximum Gasteiger partial charge on any atom is 0.391 e. The Morgan fingerprint density at radius 2 is 2.12 bits per heavy atom. The molecule has 0 saturated heterocycles. The first-order valence-electron chi connectivity index (χ1n) is 4.62. The number of rotatable bonds is 5. The lowest BCUT2D eigenvalue weighted by atomic mass is 10.2. The summed E-state index contributed by atoms with van der Waals surface area (Å²) in [5.41, 5.74) is 0. The van der Waals surface area contributed by atoms with Crippen LogP contribution < -0.4 is 5.32 Å². The van der Waals surface area contributed by atoms with Crippen molar-refractivity contribution in [3.05, 3.63) is 5.89 Å². The predicted molar refractivity (Wildman–Crippen MR) is 52.5 cm³/mol. The van der Waals surface area contributed by atoms with Crippen molar-refractivity contribution in [1.82, 2.24) is 10.2 Å². The van der Waals surface area contributed by atoms with Crippen LogP contribution in [-0.2, 0) is 6.42 Å². The van der Waals surface area contributed by atoms with Gasteiger partial charge in [0.05, 0.1) is 6.42 Å². The number of nitrogens with one attached hydrogen (secondary N) is 1. The zero-order valence-corrected chi connectivity index (χ0v) is 9.27. The molecule has 8 heteroatoms. The van der Waals surface area contributed by atoms with Crippen LogP contribution in [-0.4, -0.2) is 28.3 Å². The number of hydrogen-bond acceptors (Lipinski definition) is 4. The number of halogens is 4. The molecule has 1 aromatic rings. The monoisotopic (exact) mass is 257 g/mol. The lowest BCUT2D eigenvalue weighted by Crippen LogP contribution is -2.23. The fraction of sp³-hybridized carbons (Fsp3) is 0.750. The van der Waals surface area contributed by atoms with Gasteiger partial charge in [-0.3, -0.25) is 0 Å². The molecule has 1 rings (SSSR count). The minimum atomic E-state index is -4.22. The molecule has 0 aliphatic carbocycles. The highest BCUT2D eigenvalue weighted by molar-refractivity contribution is 6.17. The number of hydrogen-bond donors (Lipinski definition) is 1. The molecule has 1 aromatic heterocycles. The van der Waals surface area contributed by atoms with Crippen molar-refractivity contribution >= 4 is 17.6 Å². The molecule has 0 fully saturated rings. The van der Waals surface area contributed by atoms with Crippen LogP contribution in [0.3, 0.4) is 0 Å². The minimum Gasteiger partial charge on any atom is -0.408 e. The molecule has 1 heterocycles. The fourth-order valence-electron chi connectivity index (χ4n) is 1.10. The summed E-state index contributed by atoms with van der Waals surface area (Å²) in [5.74, 6) is 0.622. The van der Waals surface area contributed by atoms with Crippen LogP contribution >= 0.6 is 11.6 Å². The molecule has 92 valence electrons. The topological polar surface area (TPSA) is 51.0 Å². The lowest BCUT2D eigenvalue weighted by Gasteiger charge is -2.13. The van der Waals surface area contributed by atoms with Gasteiger partial charge < -0.3 is 9.73 Å². The average Bonchev–Trinajstić information content (AvgIpc) is 2.49. The third-order valence-electron chi connectivity index (χ3n) is 1.68. The van der Waals surface area contributed by atoms with Gasteiger partial charge in [-0.25, -0.2) is 0 Å². The minimum absolute atomic E-state index is 0.0168. The van der Waals surface area contributed by atoms with Gasteiger partial charge >= 0.3 is 12.2 Å². The standard InChI is InChI=1S/C8H11ClF3N3O/c1-5(4-8(10,11)12)13-7-15-14-6(16-7)2-3-9/h5H,2-4H2,1H3,(H,13,15). The summed E-state index contributed by atoms with van der Waals surface area (Å²) >= 11 is 5.44. The lowest BCUT2D eigenvalue weighted by molar-refractivity contribution is -0.136. The molecule has 4 nitrogen and oxygen atoms in total. The Bertz CT molecular complexity index is 329. The summed E-state index contributed by atoms with van der Waals surface area (Å²) in [6, 6.07) is -0.832.